The van der Waals surface area contributed by atoms with Crippen LogP contribution in [-0.4, -0.2) is 15.7 Å². The highest BCUT2D eigenvalue weighted by Gasteiger charge is 2.21. The van der Waals surface area contributed by atoms with Crippen LogP contribution in [0.25, 0.3) is 0 Å². The van der Waals surface area contributed by atoms with E-state index in [-0.39, 0.29) is 11.7 Å². The van der Waals surface area contributed by atoms with E-state index < -0.39 is 0 Å². The van der Waals surface area contributed by atoms with E-state index in [1.807, 2.05) is 16.8 Å². The summed E-state index contributed by atoms with van der Waals surface area (Å²) in [6, 6.07) is 6.84. The SMILES string of the molecule is CCc1nn(CC)c(CC(CCl)c2ccccc2F)c1Br. The molecule has 114 valence electrons. The van der Waals surface area contributed by atoms with Crippen molar-refractivity contribution >= 4 is 27.5 Å². The van der Waals surface area contributed by atoms with Gasteiger partial charge in [-0.25, -0.2) is 4.39 Å². The molecule has 0 fully saturated rings. The van der Waals surface area contributed by atoms with Gasteiger partial charge in [-0.3, -0.25) is 4.68 Å². The van der Waals surface area contributed by atoms with Crippen molar-refractivity contribution in [3.63, 3.8) is 0 Å². The number of benzene rings is 1. The number of alkyl halides is 1. The van der Waals surface area contributed by atoms with Crippen LogP contribution in [0, 0.1) is 5.82 Å². The Morgan fingerprint density at radius 1 is 1.33 bits per heavy atom. The minimum atomic E-state index is -0.197. The van der Waals surface area contributed by atoms with Crippen molar-refractivity contribution in [2.24, 2.45) is 0 Å². The molecule has 5 heteroatoms. The minimum absolute atomic E-state index is 0.0594. The molecule has 0 radical (unpaired) electrons. The van der Waals surface area contributed by atoms with Crippen LogP contribution in [0.2, 0.25) is 0 Å². The van der Waals surface area contributed by atoms with Crippen molar-refractivity contribution in [3.05, 3.63) is 51.5 Å². The van der Waals surface area contributed by atoms with E-state index in [1.54, 1.807) is 6.07 Å². The number of rotatable bonds is 6. The summed E-state index contributed by atoms with van der Waals surface area (Å²) in [7, 11) is 0. The van der Waals surface area contributed by atoms with Gasteiger partial charge < -0.3 is 0 Å². The van der Waals surface area contributed by atoms with Crippen LogP contribution in [0.3, 0.4) is 0 Å². The quantitative estimate of drug-likeness (QED) is 0.656. The van der Waals surface area contributed by atoms with Gasteiger partial charge in [0.15, 0.2) is 0 Å². The van der Waals surface area contributed by atoms with Gasteiger partial charge >= 0.3 is 0 Å². The van der Waals surface area contributed by atoms with Crippen molar-refractivity contribution < 1.29 is 4.39 Å². The van der Waals surface area contributed by atoms with Crippen LogP contribution in [0.4, 0.5) is 4.39 Å². The third kappa shape index (κ3) is 3.49. The fourth-order valence-corrected chi connectivity index (χ4v) is 3.50. The maximum Gasteiger partial charge on any atom is 0.126 e. The molecule has 0 N–H and O–H groups in total. The largest absolute Gasteiger partial charge is 0.268 e. The van der Waals surface area contributed by atoms with Gasteiger partial charge in [0, 0.05) is 18.3 Å². The molecule has 2 nitrogen and oxygen atoms in total. The van der Waals surface area contributed by atoms with Gasteiger partial charge in [0.2, 0.25) is 0 Å². The molecule has 0 saturated heterocycles. The maximum atomic E-state index is 14.0. The molecular formula is C16H19BrClFN2. The summed E-state index contributed by atoms with van der Waals surface area (Å²) in [5, 5.41) is 4.58. The summed E-state index contributed by atoms with van der Waals surface area (Å²) in [5.74, 6) is 0.123. The third-order valence-electron chi connectivity index (χ3n) is 3.67. The average molecular weight is 374 g/mol. The molecule has 1 unspecified atom stereocenters. The Morgan fingerprint density at radius 3 is 2.62 bits per heavy atom. The number of nitrogens with zero attached hydrogens (tertiary/aromatic N) is 2. The van der Waals surface area contributed by atoms with E-state index in [4.69, 9.17) is 11.6 Å². The highest BCUT2D eigenvalue weighted by atomic mass is 79.9. The Morgan fingerprint density at radius 2 is 2.05 bits per heavy atom. The van der Waals surface area contributed by atoms with Crippen LogP contribution >= 0.6 is 27.5 Å². The predicted molar refractivity (Wildman–Crippen MR) is 88.5 cm³/mol. The smallest absolute Gasteiger partial charge is 0.126 e. The molecule has 0 spiro atoms. The van der Waals surface area contributed by atoms with Crippen molar-refractivity contribution in [2.45, 2.75) is 39.2 Å². The topological polar surface area (TPSA) is 17.8 Å². The van der Waals surface area contributed by atoms with Gasteiger partial charge in [-0.2, -0.15) is 5.10 Å². The van der Waals surface area contributed by atoms with Crippen LogP contribution in [0.1, 0.15) is 36.7 Å². The fourth-order valence-electron chi connectivity index (χ4n) is 2.50. The molecule has 0 bridgehead atoms. The monoisotopic (exact) mass is 372 g/mol. The predicted octanol–water partition coefficient (Wildman–Crippen LogP) is 4.93. The van der Waals surface area contributed by atoms with Gasteiger partial charge in [0.25, 0.3) is 0 Å². The molecule has 0 saturated carbocycles. The van der Waals surface area contributed by atoms with E-state index in [9.17, 15) is 4.39 Å². The Bertz CT molecular complexity index is 612. The van der Waals surface area contributed by atoms with E-state index in [2.05, 4.69) is 34.9 Å². The first kappa shape index (κ1) is 16.5. The van der Waals surface area contributed by atoms with Crippen molar-refractivity contribution in [1.29, 1.82) is 0 Å². The first-order valence-corrected chi connectivity index (χ1v) is 8.49. The van der Waals surface area contributed by atoms with E-state index in [0.29, 0.717) is 17.9 Å². The summed E-state index contributed by atoms with van der Waals surface area (Å²) in [6.45, 7) is 4.92. The number of hydrogen-bond acceptors (Lipinski definition) is 1. The second-order valence-electron chi connectivity index (χ2n) is 4.95. The van der Waals surface area contributed by atoms with Crippen LogP contribution in [0.15, 0.2) is 28.7 Å². The lowest BCUT2D eigenvalue weighted by Crippen LogP contribution is -2.11. The van der Waals surface area contributed by atoms with E-state index in [1.165, 1.54) is 6.07 Å². The molecule has 1 heterocycles. The Labute approximate surface area is 138 Å². The molecule has 21 heavy (non-hydrogen) atoms. The van der Waals surface area contributed by atoms with Gasteiger partial charge in [-0.05, 0) is 47.3 Å². The van der Waals surface area contributed by atoms with E-state index in [0.717, 1.165) is 28.8 Å². The Hall–Kier alpha value is -0.870. The third-order valence-corrected chi connectivity index (χ3v) is 4.95. The lowest BCUT2D eigenvalue weighted by Gasteiger charge is -2.16. The Balaban J connectivity index is 2.35. The molecule has 0 aliphatic rings. The van der Waals surface area contributed by atoms with Gasteiger partial charge in [-0.15, -0.1) is 11.6 Å². The summed E-state index contributed by atoms with van der Waals surface area (Å²) in [4.78, 5) is 0. The van der Waals surface area contributed by atoms with Crippen LogP contribution < -0.4 is 0 Å². The van der Waals surface area contributed by atoms with Crippen LogP contribution in [-0.2, 0) is 19.4 Å². The van der Waals surface area contributed by atoms with Gasteiger partial charge in [0.1, 0.15) is 5.82 Å². The normalized spacial score (nSPS) is 12.6. The average Bonchev–Trinajstić information content (AvgIpc) is 2.81. The number of aryl methyl sites for hydroxylation is 2. The zero-order valence-corrected chi connectivity index (χ0v) is 14.6. The molecule has 0 amide bonds. The molecule has 1 aromatic carbocycles. The Kier molecular flexibility index (Phi) is 5.82. The zero-order chi connectivity index (χ0) is 15.4. The maximum absolute atomic E-state index is 14.0. The fraction of sp³-hybridized carbons (Fsp3) is 0.438. The molecule has 1 atom stereocenters. The molecule has 0 aliphatic heterocycles. The van der Waals surface area contributed by atoms with Crippen molar-refractivity contribution in [2.75, 3.05) is 5.88 Å². The molecular weight excluding hydrogens is 355 g/mol. The van der Waals surface area contributed by atoms with Crippen molar-refractivity contribution in [1.82, 2.24) is 9.78 Å². The summed E-state index contributed by atoms with van der Waals surface area (Å²) >= 11 is 9.73. The number of hydrogen-bond donors (Lipinski definition) is 0. The molecule has 0 aliphatic carbocycles. The highest BCUT2D eigenvalue weighted by molar-refractivity contribution is 9.10. The second kappa shape index (κ2) is 7.41. The van der Waals surface area contributed by atoms with Gasteiger partial charge in [0.05, 0.1) is 15.9 Å². The molecule has 1 aromatic heterocycles. The zero-order valence-electron chi connectivity index (χ0n) is 12.2. The lowest BCUT2D eigenvalue weighted by atomic mass is 9.95. The van der Waals surface area contributed by atoms with Crippen LogP contribution in [0.5, 0.6) is 0 Å². The van der Waals surface area contributed by atoms with Crippen molar-refractivity contribution in [3.8, 4) is 0 Å². The standard InChI is InChI=1S/C16H19BrClFN2/c1-3-14-16(17)15(21(4-2)20-14)9-11(10-18)12-7-5-6-8-13(12)19/h5-8,11H,3-4,9-10H2,1-2H3. The first-order valence-electron chi connectivity index (χ1n) is 7.16. The summed E-state index contributed by atoms with van der Waals surface area (Å²) < 4.78 is 17.0. The number of halogens is 3. The lowest BCUT2D eigenvalue weighted by molar-refractivity contribution is 0.564. The second-order valence-corrected chi connectivity index (χ2v) is 6.06. The highest BCUT2D eigenvalue weighted by Crippen LogP contribution is 2.30. The minimum Gasteiger partial charge on any atom is -0.268 e. The van der Waals surface area contributed by atoms with E-state index >= 15 is 0 Å². The van der Waals surface area contributed by atoms with Gasteiger partial charge in [-0.1, -0.05) is 25.1 Å². The summed E-state index contributed by atoms with van der Waals surface area (Å²) in [5.41, 5.74) is 2.79. The number of aromatic nitrogens is 2. The summed E-state index contributed by atoms with van der Waals surface area (Å²) in [6.07, 6.45) is 1.54. The molecule has 2 aromatic rings. The first-order chi connectivity index (χ1) is 10.1. The molecule has 2 rings (SSSR count).